The Morgan fingerprint density at radius 1 is 1.14 bits per heavy atom. The Morgan fingerprint density at radius 2 is 1.89 bits per heavy atom. The fourth-order valence-electron chi connectivity index (χ4n) is 2.92. The standard InChI is InChI=1S/C21H23FN4O2/c1-14-12-15(2)26(25-14)20-9-6-17(13-19(20)22)24-21(27)23-11-10-16-4-7-18(28-3)8-5-16/h4-9,12-13H,10-11H2,1-3H3,(H2,23,24,27). The summed E-state index contributed by atoms with van der Waals surface area (Å²) in [5.41, 5.74) is 3.46. The molecule has 2 amide bonds. The van der Waals surface area contributed by atoms with Gasteiger partial charge in [-0.2, -0.15) is 5.10 Å². The molecule has 0 saturated heterocycles. The van der Waals surface area contributed by atoms with E-state index in [1.165, 1.54) is 6.07 Å². The fourth-order valence-corrected chi connectivity index (χ4v) is 2.92. The van der Waals surface area contributed by atoms with Crippen LogP contribution in [0.5, 0.6) is 5.75 Å². The molecule has 0 unspecified atom stereocenters. The van der Waals surface area contributed by atoms with Crippen LogP contribution in [-0.4, -0.2) is 29.5 Å². The van der Waals surface area contributed by atoms with Crippen molar-refractivity contribution < 1.29 is 13.9 Å². The number of methoxy groups -OCH3 is 1. The molecule has 1 heterocycles. The predicted octanol–water partition coefficient (Wildman–Crippen LogP) is 4.00. The summed E-state index contributed by atoms with van der Waals surface area (Å²) in [7, 11) is 1.62. The number of nitrogens with zero attached hydrogens (tertiary/aromatic N) is 2. The van der Waals surface area contributed by atoms with Crippen LogP contribution in [0.15, 0.2) is 48.5 Å². The quantitative estimate of drug-likeness (QED) is 0.677. The van der Waals surface area contributed by atoms with Crippen molar-refractivity contribution in [2.24, 2.45) is 0 Å². The lowest BCUT2D eigenvalue weighted by atomic mass is 10.1. The molecule has 1 aromatic heterocycles. The number of carbonyl (C=O) groups is 1. The fraction of sp³-hybridized carbons (Fsp3) is 0.238. The molecule has 0 radical (unpaired) electrons. The lowest BCUT2D eigenvalue weighted by Crippen LogP contribution is -2.30. The molecule has 0 spiro atoms. The third-order valence-corrected chi connectivity index (χ3v) is 4.30. The highest BCUT2D eigenvalue weighted by Crippen LogP contribution is 2.20. The van der Waals surface area contributed by atoms with Gasteiger partial charge in [0, 0.05) is 17.9 Å². The highest BCUT2D eigenvalue weighted by atomic mass is 19.1. The van der Waals surface area contributed by atoms with Crippen molar-refractivity contribution in [2.45, 2.75) is 20.3 Å². The number of benzene rings is 2. The first-order valence-electron chi connectivity index (χ1n) is 8.97. The Labute approximate surface area is 163 Å². The molecule has 2 aromatic carbocycles. The van der Waals surface area contributed by atoms with Gasteiger partial charge in [0.25, 0.3) is 0 Å². The van der Waals surface area contributed by atoms with Crippen molar-refractivity contribution in [3.63, 3.8) is 0 Å². The molecule has 0 fully saturated rings. The van der Waals surface area contributed by atoms with Gasteiger partial charge in [0.15, 0.2) is 5.82 Å². The molecular formula is C21H23FN4O2. The first-order chi connectivity index (χ1) is 13.5. The predicted molar refractivity (Wildman–Crippen MR) is 107 cm³/mol. The normalized spacial score (nSPS) is 10.6. The Morgan fingerprint density at radius 3 is 2.50 bits per heavy atom. The van der Waals surface area contributed by atoms with Gasteiger partial charge in [-0.25, -0.2) is 13.9 Å². The van der Waals surface area contributed by atoms with Crippen molar-refractivity contribution in [3.05, 3.63) is 71.3 Å². The summed E-state index contributed by atoms with van der Waals surface area (Å²) in [5, 5.41) is 9.69. The Balaban J connectivity index is 1.55. The van der Waals surface area contributed by atoms with Crippen LogP contribution in [0, 0.1) is 19.7 Å². The number of aryl methyl sites for hydroxylation is 2. The van der Waals surface area contributed by atoms with Crippen LogP contribution in [0.1, 0.15) is 17.0 Å². The highest BCUT2D eigenvalue weighted by Gasteiger charge is 2.11. The second-order valence-electron chi connectivity index (χ2n) is 6.48. The number of aromatic nitrogens is 2. The van der Waals surface area contributed by atoms with E-state index in [1.807, 2.05) is 44.2 Å². The molecule has 0 aliphatic carbocycles. The van der Waals surface area contributed by atoms with E-state index in [2.05, 4.69) is 15.7 Å². The van der Waals surface area contributed by atoms with Gasteiger partial charge in [-0.3, -0.25) is 0 Å². The number of halogens is 1. The second kappa shape index (κ2) is 8.56. The van der Waals surface area contributed by atoms with E-state index >= 15 is 0 Å². The van der Waals surface area contributed by atoms with Gasteiger partial charge in [0.1, 0.15) is 11.4 Å². The SMILES string of the molecule is COc1ccc(CCNC(=O)Nc2ccc(-n3nc(C)cc3C)c(F)c2)cc1. The van der Waals surface area contributed by atoms with Crippen LogP contribution in [0.3, 0.4) is 0 Å². The molecule has 0 aliphatic rings. The van der Waals surface area contributed by atoms with Gasteiger partial charge in [-0.1, -0.05) is 12.1 Å². The molecule has 0 aliphatic heterocycles. The van der Waals surface area contributed by atoms with E-state index in [9.17, 15) is 9.18 Å². The van der Waals surface area contributed by atoms with E-state index < -0.39 is 5.82 Å². The van der Waals surface area contributed by atoms with Crippen LogP contribution in [0.25, 0.3) is 5.69 Å². The number of carbonyl (C=O) groups excluding carboxylic acids is 1. The minimum Gasteiger partial charge on any atom is -0.497 e. The zero-order valence-corrected chi connectivity index (χ0v) is 16.1. The molecule has 146 valence electrons. The van der Waals surface area contributed by atoms with Gasteiger partial charge in [-0.05, 0) is 62.2 Å². The Hall–Kier alpha value is -3.35. The summed E-state index contributed by atoms with van der Waals surface area (Å²) in [4.78, 5) is 12.0. The van der Waals surface area contributed by atoms with Gasteiger partial charge < -0.3 is 15.4 Å². The maximum absolute atomic E-state index is 14.5. The zero-order valence-electron chi connectivity index (χ0n) is 16.1. The van der Waals surface area contributed by atoms with Crippen LogP contribution in [0.4, 0.5) is 14.9 Å². The maximum Gasteiger partial charge on any atom is 0.319 e. The Kier molecular flexibility index (Phi) is 5.93. The summed E-state index contributed by atoms with van der Waals surface area (Å²) < 4.78 is 21.1. The highest BCUT2D eigenvalue weighted by molar-refractivity contribution is 5.89. The largest absolute Gasteiger partial charge is 0.497 e. The topological polar surface area (TPSA) is 68.2 Å². The number of rotatable bonds is 6. The monoisotopic (exact) mass is 382 g/mol. The van der Waals surface area contributed by atoms with Crippen molar-refractivity contribution >= 4 is 11.7 Å². The van der Waals surface area contributed by atoms with Gasteiger partial charge in [-0.15, -0.1) is 0 Å². The number of anilines is 1. The molecular weight excluding hydrogens is 359 g/mol. The number of nitrogens with one attached hydrogen (secondary N) is 2. The summed E-state index contributed by atoms with van der Waals surface area (Å²) >= 11 is 0. The van der Waals surface area contributed by atoms with Gasteiger partial charge in [0.05, 0.1) is 12.8 Å². The summed E-state index contributed by atoms with van der Waals surface area (Å²) in [6.07, 6.45) is 0.683. The summed E-state index contributed by atoms with van der Waals surface area (Å²) in [5.74, 6) is 0.336. The molecule has 0 bridgehead atoms. The van der Waals surface area contributed by atoms with Crippen LogP contribution < -0.4 is 15.4 Å². The van der Waals surface area contributed by atoms with Gasteiger partial charge >= 0.3 is 6.03 Å². The molecule has 3 aromatic rings. The third-order valence-electron chi connectivity index (χ3n) is 4.30. The Bertz CT molecular complexity index is 967. The number of hydrogen-bond acceptors (Lipinski definition) is 3. The van der Waals surface area contributed by atoms with Crippen molar-refractivity contribution in [2.75, 3.05) is 19.0 Å². The lowest BCUT2D eigenvalue weighted by Gasteiger charge is -2.10. The first-order valence-corrected chi connectivity index (χ1v) is 8.97. The van der Waals surface area contributed by atoms with E-state index in [0.717, 1.165) is 22.7 Å². The molecule has 3 rings (SSSR count). The number of ether oxygens (including phenoxy) is 1. The van der Waals surface area contributed by atoms with Crippen LogP contribution in [-0.2, 0) is 6.42 Å². The van der Waals surface area contributed by atoms with Gasteiger partial charge in [0.2, 0.25) is 0 Å². The average Bonchev–Trinajstić information content (AvgIpc) is 3.00. The minimum absolute atomic E-state index is 0.344. The first kappa shape index (κ1) is 19.4. The number of hydrogen-bond donors (Lipinski definition) is 2. The minimum atomic E-state index is -0.456. The molecule has 2 N–H and O–H groups in total. The molecule has 7 heteroatoms. The van der Waals surface area contributed by atoms with E-state index in [0.29, 0.717) is 24.3 Å². The van der Waals surface area contributed by atoms with E-state index in [-0.39, 0.29) is 6.03 Å². The number of amides is 2. The van der Waals surface area contributed by atoms with Crippen molar-refractivity contribution in [3.8, 4) is 11.4 Å². The second-order valence-corrected chi connectivity index (χ2v) is 6.48. The molecule has 0 atom stereocenters. The smallest absolute Gasteiger partial charge is 0.319 e. The number of urea groups is 1. The maximum atomic E-state index is 14.5. The molecule has 28 heavy (non-hydrogen) atoms. The van der Waals surface area contributed by atoms with Crippen LogP contribution >= 0.6 is 0 Å². The van der Waals surface area contributed by atoms with Crippen LogP contribution in [0.2, 0.25) is 0 Å². The molecule has 6 nitrogen and oxygen atoms in total. The summed E-state index contributed by atoms with van der Waals surface area (Å²) in [6.45, 7) is 4.18. The van der Waals surface area contributed by atoms with Crippen molar-refractivity contribution in [1.29, 1.82) is 0 Å². The average molecular weight is 382 g/mol. The lowest BCUT2D eigenvalue weighted by molar-refractivity contribution is 0.252. The van der Waals surface area contributed by atoms with Crippen molar-refractivity contribution in [1.82, 2.24) is 15.1 Å². The summed E-state index contributed by atoms with van der Waals surface area (Å²) in [6, 6.07) is 13.7. The van der Waals surface area contributed by atoms with E-state index in [1.54, 1.807) is 23.9 Å². The third kappa shape index (κ3) is 4.68. The van der Waals surface area contributed by atoms with E-state index in [4.69, 9.17) is 4.74 Å². The zero-order chi connectivity index (χ0) is 20.1. The molecule has 0 saturated carbocycles.